The summed E-state index contributed by atoms with van der Waals surface area (Å²) in [5, 5.41) is 30.3. The van der Waals surface area contributed by atoms with Gasteiger partial charge < -0.3 is 37.4 Å². The lowest BCUT2D eigenvalue weighted by Crippen LogP contribution is -2.47. The zero-order valence-electron chi connectivity index (χ0n) is 17.9. The fourth-order valence-corrected chi connectivity index (χ4v) is 4.37. The maximum absolute atomic E-state index is 10.3. The number of hydrogen-bond donors (Lipinski definition) is 6. The molecule has 166 valence electrons. The van der Waals surface area contributed by atoms with E-state index in [1.807, 2.05) is 12.1 Å². The van der Waals surface area contributed by atoms with E-state index in [0.717, 1.165) is 24.0 Å². The highest BCUT2D eigenvalue weighted by Gasteiger charge is 2.31. The van der Waals surface area contributed by atoms with Crippen LogP contribution in [0.5, 0.6) is 17.2 Å². The summed E-state index contributed by atoms with van der Waals surface area (Å²) in [5.41, 5.74) is 21.0. The van der Waals surface area contributed by atoms with Crippen molar-refractivity contribution in [1.82, 2.24) is 0 Å². The van der Waals surface area contributed by atoms with Gasteiger partial charge in [0.15, 0.2) is 11.5 Å². The van der Waals surface area contributed by atoms with Crippen LogP contribution < -0.4 is 22.1 Å². The molecule has 0 amide bonds. The minimum absolute atomic E-state index is 0.00680. The number of hydrogen-bond acceptors (Lipinski definition) is 8. The quantitative estimate of drug-likeness (QED) is 0.373. The molecular formula is C23H31N5O3. The number of benzene rings is 2. The van der Waals surface area contributed by atoms with Gasteiger partial charge in [0.1, 0.15) is 11.6 Å². The summed E-state index contributed by atoms with van der Waals surface area (Å²) < 4.78 is 0. The number of anilines is 1. The Bertz CT molecular complexity index is 987. The predicted octanol–water partition coefficient (Wildman–Crippen LogP) is 2.75. The van der Waals surface area contributed by atoms with Gasteiger partial charge >= 0.3 is 0 Å². The summed E-state index contributed by atoms with van der Waals surface area (Å²) >= 11 is 0. The largest absolute Gasteiger partial charge is 0.508 e. The van der Waals surface area contributed by atoms with Gasteiger partial charge in [-0.15, -0.1) is 0 Å². The van der Waals surface area contributed by atoms with E-state index in [4.69, 9.17) is 17.2 Å². The fourth-order valence-electron chi connectivity index (χ4n) is 4.37. The third kappa shape index (κ3) is 4.25. The molecule has 0 spiro atoms. The van der Waals surface area contributed by atoms with Crippen LogP contribution in [-0.4, -0.2) is 34.2 Å². The van der Waals surface area contributed by atoms with Crippen LogP contribution in [0.25, 0.3) is 0 Å². The van der Waals surface area contributed by atoms with E-state index >= 15 is 0 Å². The molecule has 3 atom stereocenters. The molecule has 1 aliphatic heterocycles. The number of phenolic OH excluding ortho intramolecular Hbond substituents is 3. The Balaban J connectivity index is 2.14. The molecule has 1 heterocycles. The first kappa shape index (κ1) is 22.3. The molecule has 8 heteroatoms. The molecule has 31 heavy (non-hydrogen) atoms. The number of aliphatic imine (C=N–C) groups is 1. The lowest BCUT2D eigenvalue weighted by molar-refractivity contribution is 0.401. The van der Waals surface area contributed by atoms with Gasteiger partial charge in [-0.05, 0) is 54.0 Å². The normalized spacial score (nSPS) is 18.3. The van der Waals surface area contributed by atoms with Gasteiger partial charge in [-0.3, -0.25) is 0 Å². The molecule has 0 aliphatic carbocycles. The summed E-state index contributed by atoms with van der Waals surface area (Å²) in [6.45, 7) is 4.39. The topological polar surface area (TPSA) is 154 Å². The van der Waals surface area contributed by atoms with Crippen molar-refractivity contribution >= 4 is 12.0 Å². The van der Waals surface area contributed by atoms with Gasteiger partial charge in [0, 0.05) is 12.6 Å². The van der Waals surface area contributed by atoms with Crippen LogP contribution in [0, 0.1) is 0 Å². The Morgan fingerprint density at radius 3 is 2.16 bits per heavy atom. The van der Waals surface area contributed by atoms with Gasteiger partial charge in [-0.2, -0.15) is 0 Å². The van der Waals surface area contributed by atoms with Crippen LogP contribution in [0.2, 0.25) is 0 Å². The van der Waals surface area contributed by atoms with E-state index in [1.54, 1.807) is 29.4 Å². The van der Waals surface area contributed by atoms with Crippen LogP contribution >= 0.6 is 0 Å². The molecule has 0 saturated carbocycles. The monoisotopic (exact) mass is 425 g/mol. The van der Waals surface area contributed by atoms with Crippen molar-refractivity contribution in [3.05, 3.63) is 59.0 Å². The fraction of sp³-hybridized carbons (Fsp3) is 0.348. The average Bonchev–Trinajstić information content (AvgIpc) is 2.76. The molecular weight excluding hydrogens is 394 g/mol. The second kappa shape index (κ2) is 9.18. The summed E-state index contributed by atoms with van der Waals surface area (Å²) in [6.07, 6.45) is 3.18. The van der Waals surface area contributed by atoms with Crippen molar-refractivity contribution in [2.75, 3.05) is 11.4 Å². The lowest BCUT2D eigenvalue weighted by atomic mass is 9.77. The van der Waals surface area contributed by atoms with E-state index in [2.05, 4.69) is 18.8 Å². The van der Waals surface area contributed by atoms with E-state index in [9.17, 15) is 15.3 Å². The molecule has 0 saturated heterocycles. The molecule has 0 aromatic heterocycles. The van der Waals surface area contributed by atoms with Crippen LogP contribution in [0.4, 0.5) is 5.69 Å². The third-order valence-corrected chi connectivity index (χ3v) is 6.02. The molecule has 2 unspecified atom stereocenters. The van der Waals surface area contributed by atoms with Crippen LogP contribution in [0.15, 0.2) is 52.9 Å². The van der Waals surface area contributed by atoms with E-state index in [1.165, 1.54) is 6.07 Å². The zero-order chi connectivity index (χ0) is 22.7. The lowest BCUT2D eigenvalue weighted by Gasteiger charge is -2.36. The SMILES string of the molecule is CCC(c1ccc(O)cc1)C(CC)c1cc(O)c(O)cc1N1C=NC(N)=C(N)[C@H]1CN. The number of nitrogens with zero attached hydrogens (tertiary/aromatic N) is 2. The summed E-state index contributed by atoms with van der Waals surface area (Å²) in [7, 11) is 0. The number of rotatable bonds is 7. The Kier molecular flexibility index (Phi) is 6.60. The molecule has 1 aliphatic rings. The summed E-state index contributed by atoms with van der Waals surface area (Å²) in [4.78, 5) is 5.98. The van der Waals surface area contributed by atoms with Crippen LogP contribution in [-0.2, 0) is 0 Å². The molecule has 0 bridgehead atoms. The maximum atomic E-state index is 10.3. The van der Waals surface area contributed by atoms with Crippen LogP contribution in [0.3, 0.4) is 0 Å². The van der Waals surface area contributed by atoms with E-state index in [-0.39, 0.29) is 41.5 Å². The molecule has 8 nitrogen and oxygen atoms in total. The van der Waals surface area contributed by atoms with Gasteiger partial charge in [0.05, 0.1) is 23.8 Å². The number of phenols is 3. The molecule has 2 aromatic rings. The summed E-state index contributed by atoms with van der Waals surface area (Å²) in [5.74, 6) is 0.121. The van der Waals surface area contributed by atoms with Crippen molar-refractivity contribution in [2.45, 2.75) is 44.6 Å². The van der Waals surface area contributed by atoms with Gasteiger partial charge in [-0.25, -0.2) is 4.99 Å². The second-order valence-electron chi connectivity index (χ2n) is 7.76. The highest BCUT2D eigenvalue weighted by atomic mass is 16.3. The maximum Gasteiger partial charge on any atom is 0.159 e. The minimum Gasteiger partial charge on any atom is -0.508 e. The standard InChI is InChI=1S/C23H31N5O3/c1-3-15(13-5-7-14(29)8-6-13)16(4-2)17-9-20(30)21(31)10-18(17)28-12-27-23(26)22(25)19(28)11-24/h5-10,12,15-16,19,29-31H,3-4,11,24-26H2,1-2H3/t15?,16?,19-/m1/s1. The Morgan fingerprint density at radius 2 is 1.58 bits per heavy atom. The Labute approximate surface area is 182 Å². The average molecular weight is 426 g/mol. The Morgan fingerprint density at radius 1 is 0.968 bits per heavy atom. The minimum atomic E-state index is -0.425. The number of aromatic hydroxyl groups is 3. The smallest absolute Gasteiger partial charge is 0.159 e. The van der Waals surface area contributed by atoms with Crippen molar-refractivity contribution < 1.29 is 15.3 Å². The molecule has 0 fully saturated rings. The van der Waals surface area contributed by atoms with Gasteiger partial charge in [-0.1, -0.05) is 26.0 Å². The molecule has 9 N–H and O–H groups in total. The first-order chi connectivity index (χ1) is 14.8. The second-order valence-corrected chi connectivity index (χ2v) is 7.76. The van der Waals surface area contributed by atoms with Crippen molar-refractivity contribution in [1.29, 1.82) is 0 Å². The third-order valence-electron chi connectivity index (χ3n) is 6.02. The molecule has 3 rings (SSSR count). The van der Waals surface area contributed by atoms with Crippen molar-refractivity contribution in [3.63, 3.8) is 0 Å². The first-order valence-electron chi connectivity index (χ1n) is 10.4. The van der Waals surface area contributed by atoms with Crippen molar-refractivity contribution in [2.24, 2.45) is 22.2 Å². The molecule has 2 aromatic carbocycles. The van der Waals surface area contributed by atoms with Gasteiger partial charge in [0.25, 0.3) is 0 Å². The van der Waals surface area contributed by atoms with Crippen molar-refractivity contribution in [3.8, 4) is 17.2 Å². The molecule has 0 radical (unpaired) electrons. The van der Waals surface area contributed by atoms with Gasteiger partial charge in [0.2, 0.25) is 0 Å². The van der Waals surface area contributed by atoms with Crippen LogP contribution in [0.1, 0.15) is 49.7 Å². The Hall–Kier alpha value is -3.39. The summed E-state index contributed by atoms with van der Waals surface area (Å²) in [6, 6.07) is 9.87. The number of nitrogens with two attached hydrogens (primary N) is 3. The highest BCUT2D eigenvalue weighted by Crippen LogP contribution is 2.46. The highest BCUT2D eigenvalue weighted by molar-refractivity contribution is 5.86. The van der Waals surface area contributed by atoms with E-state index < -0.39 is 6.04 Å². The first-order valence-corrected chi connectivity index (χ1v) is 10.4. The predicted molar refractivity (Wildman–Crippen MR) is 123 cm³/mol. The van der Waals surface area contributed by atoms with E-state index in [0.29, 0.717) is 11.4 Å². The zero-order valence-corrected chi connectivity index (χ0v) is 17.9.